The van der Waals surface area contributed by atoms with Gasteiger partial charge < -0.3 is 15.0 Å². The highest BCUT2D eigenvalue weighted by atomic mass is 35.5. The highest BCUT2D eigenvalue weighted by molar-refractivity contribution is 7.80. The molecule has 9 heteroatoms. The van der Waals surface area contributed by atoms with Crippen LogP contribution in [0.4, 0.5) is 18.9 Å². The van der Waals surface area contributed by atoms with E-state index in [1.807, 2.05) is 35.2 Å². The van der Waals surface area contributed by atoms with Crippen LogP contribution in [-0.2, 0) is 17.5 Å². The van der Waals surface area contributed by atoms with Gasteiger partial charge in [0.1, 0.15) is 0 Å². The lowest BCUT2D eigenvalue weighted by molar-refractivity contribution is -0.137. The van der Waals surface area contributed by atoms with E-state index in [9.17, 15) is 13.2 Å². The fraction of sp³-hybridized carbons (Fsp3) is 0.409. The van der Waals surface area contributed by atoms with E-state index in [0.29, 0.717) is 23.9 Å². The molecule has 0 atom stereocenters. The molecule has 0 radical (unpaired) electrons. The Labute approximate surface area is 190 Å². The van der Waals surface area contributed by atoms with E-state index < -0.39 is 11.7 Å². The molecule has 168 valence electrons. The minimum atomic E-state index is -4.44. The molecule has 1 fully saturated rings. The summed E-state index contributed by atoms with van der Waals surface area (Å²) in [6.07, 6.45) is -3.54. The van der Waals surface area contributed by atoms with Crippen LogP contribution >= 0.6 is 23.8 Å². The molecule has 0 spiro atoms. The third kappa shape index (κ3) is 7.35. The maximum Gasteiger partial charge on any atom is 0.416 e. The van der Waals surface area contributed by atoms with E-state index >= 15 is 0 Å². The summed E-state index contributed by atoms with van der Waals surface area (Å²) in [7, 11) is 0. The number of hydrogen-bond donors (Lipinski definition) is 1. The van der Waals surface area contributed by atoms with Gasteiger partial charge in [0.25, 0.3) is 0 Å². The predicted molar refractivity (Wildman–Crippen MR) is 121 cm³/mol. The molecular formula is C22H25ClF3N3OS. The lowest BCUT2D eigenvalue weighted by Crippen LogP contribution is -2.40. The normalized spacial score (nSPS) is 15.0. The van der Waals surface area contributed by atoms with Crippen LogP contribution in [0.25, 0.3) is 0 Å². The smallest absolute Gasteiger partial charge is 0.379 e. The summed E-state index contributed by atoms with van der Waals surface area (Å²) in [6.45, 7) is 5.56. The zero-order valence-electron chi connectivity index (χ0n) is 17.0. The Morgan fingerprint density at radius 3 is 2.48 bits per heavy atom. The molecule has 1 saturated heterocycles. The van der Waals surface area contributed by atoms with E-state index in [0.717, 1.165) is 57.0 Å². The molecule has 2 aromatic carbocycles. The van der Waals surface area contributed by atoms with Gasteiger partial charge in [-0.05, 0) is 42.4 Å². The van der Waals surface area contributed by atoms with Crippen molar-refractivity contribution in [3.05, 3.63) is 64.7 Å². The van der Waals surface area contributed by atoms with Crippen molar-refractivity contribution in [1.29, 1.82) is 0 Å². The first kappa shape index (κ1) is 23.8. The number of benzene rings is 2. The van der Waals surface area contributed by atoms with Crippen molar-refractivity contribution < 1.29 is 17.9 Å². The van der Waals surface area contributed by atoms with Crippen LogP contribution in [0.5, 0.6) is 0 Å². The van der Waals surface area contributed by atoms with Crippen LogP contribution in [0.2, 0.25) is 5.02 Å². The zero-order valence-corrected chi connectivity index (χ0v) is 18.6. The molecular weight excluding hydrogens is 447 g/mol. The highest BCUT2D eigenvalue weighted by Gasteiger charge is 2.31. The monoisotopic (exact) mass is 471 g/mol. The first-order valence-corrected chi connectivity index (χ1v) is 10.9. The van der Waals surface area contributed by atoms with E-state index in [-0.39, 0.29) is 5.02 Å². The van der Waals surface area contributed by atoms with Crippen LogP contribution in [0.15, 0.2) is 48.5 Å². The molecule has 1 N–H and O–H groups in total. The van der Waals surface area contributed by atoms with Gasteiger partial charge in [-0.15, -0.1) is 0 Å². The van der Waals surface area contributed by atoms with Crippen molar-refractivity contribution >= 4 is 34.6 Å². The van der Waals surface area contributed by atoms with Gasteiger partial charge >= 0.3 is 6.18 Å². The summed E-state index contributed by atoms with van der Waals surface area (Å²) in [5, 5.41) is 3.42. The van der Waals surface area contributed by atoms with Crippen molar-refractivity contribution in [1.82, 2.24) is 9.80 Å². The summed E-state index contributed by atoms with van der Waals surface area (Å²) in [5.74, 6) is 0. The number of morpholine rings is 1. The molecule has 0 bridgehead atoms. The van der Waals surface area contributed by atoms with Crippen LogP contribution in [-0.4, -0.2) is 54.3 Å². The van der Waals surface area contributed by atoms with Crippen LogP contribution < -0.4 is 5.32 Å². The summed E-state index contributed by atoms with van der Waals surface area (Å²) in [6, 6.07) is 13.1. The maximum atomic E-state index is 12.9. The molecule has 1 aliphatic heterocycles. The van der Waals surface area contributed by atoms with Crippen LogP contribution in [0, 0.1) is 0 Å². The van der Waals surface area contributed by atoms with E-state index in [1.54, 1.807) is 0 Å². The Morgan fingerprint density at radius 2 is 1.84 bits per heavy atom. The first-order valence-electron chi connectivity index (χ1n) is 10.1. The fourth-order valence-corrected chi connectivity index (χ4v) is 3.85. The molecule has 0 saturated carbocycles. The fourth-order valence-electron chi connectivity index (χ4n) is 3.35. The van der Waals surface area contributed by atoms with Gasteiger partial charge in [-0.25, -0.2) is 0 Å². The number of hydrogen-bond acceptors (Lipinski definition) is 3. The third-order valence-corrected chi connectivity index (χ3v) is 5.72. The summed E-state index contributed by atoms with van der Waals surface area (Å²) in [4.78, 5) is 4.37. The molecule has 0 amide bonds. The lowest BCUT2D eigenvalue weighted by Gasteiger charge is -2.30. The van der Waals surface area contributed by atoms with Crippen molar-refractivity contribution in [2.45, 2.75) is 19.1 Å². The SMILES string of the molecule is FC(F)(F)c1ccc(NC(=S)N(CCCN2CCOCC2)Cc2ccccc2)c(Cl)c1. The van der Waals surface area contributed by atoms with Gasteiger partial charge in [0.05, 0.1) is 29.5 Å². The van der Waals surface area contributed by atoms with E-state index in [4.69, 9.17) is 28.6 Å². The predicted octanol–water partition coefficient (Wildman–Crippen LogP) is 5.28. The van der Waals surface area contributed by atoms with E-state index in [1.165, 1.54) is 6.07 Å². The quantitative estimate of drug-likeness (QED) is 0.554. The Balaban J connectivity index is 1.66. The lowest BCUT2D eigenvalue weighted by atomic mass is 10.2. The Morgan fingerprint density at radius 1 is 1.13 bits per heavy atom. The second-order valence-corrected chi connectivity index (χ2v) is 8.13. The van der Waals surface area contributed by atoms with Gasteiger partial charge in [0.15, 0.2) is 5.11 Å². The van der Waals surface area contributed by atoms with Crippen molar-refractivity contribution in [3.8, 4) is 0 Å². The Kier molecular flexibility index (Phi) is 8.54. The topological polar surface area (TPSA) is 27.7 Å². The summed E-state index contributed by atoms with van der Waals surface area (Å²) >= 11 is 11.7. The average molecular weight is 472 g/mol. The van der Waals surface area contributed by atoms with Crippen molar-refractivity contribution in [3.63, 3.8) is 0 Å². The average Bonchev–Trinajstić information content (AvgIpc) is 2.75. The number of rotatable bonds is 7. The maximum absolute atomic E-state index is 12.9. The number of nitrogens with one attached hydrogen (secondary N) is 1. The Hall–Kier alpha value is -1.87. The second kappa shape index (κ2) is 11.1. The van der Waals surface area contributed by atoms with Gasteiger partial charge in [-0.3, -0.25) is 4.90 Å². The number of ether oxygens (including phenoxy) is 1. The standard InChI is InChI=1S/C22H25ClF3N3OS/c23-19-15-18(22(24,25)26)7-8-20(19)27-21(31)29(16-17-5-2-1-3-6-17)10-4-9-28-11-13-30-14-12-28/h1-3,5-8,15H,4,9-14,16H2,(H,27,31). The van der Waals surface area contributed by atoms with E-state index in [2.05, 4.69) is 10.2 Å². The molecule has 1 heterocycles. The molecule has 3 rings (SSSR count). The summed E-state index contributed by atoms with van der Waals surface area (Å²) < 4.78 is 44.1. The first-order chi connectivity index (χ1) is 14.8. The molecule has 4 nitrogen and oxygen atoms in total. The zero-order chi connectivity index (χ0) is 22.3. The molecule has 0 aromatic heterocycles. The minimum Gasteiger partial charge on any atom is -0.379 e. The molecule has 31 heavy (non-hydrogen) atoms. The van der Waals surface area contributed by atoms with Gasteiger partial charge in [-0.2, -0.15) is 13.2 Å². The van der Waals surface area contributed by atoms with Gasteiger partial charge in [0, 0.05) is 32.7 Å². The number of alkyl halides is 3. The molecule has 0 unspecified atom stereocenters. The highest BCUT2D eigenvalue weighted by Crippen LogP contribution is 2.33. The van der Waals surface area contributed by atoms with Gasteiger partial charge in [0.2, 0.25) is 0 Å². The molecule has 0 aliphatic carbocycles. The third-order valence-electron chi connectivity index (χ3n) is 5.05. The van der Waals surface area contributed by atoms with Crippen LogP contribution in [0.1, 0.15) is 17.5 Å². The summed E-state index contributed by atoms with van der Waals surface area (Å²) in [5.41, 5.74) is 0.656. The molecule has 1 aliphatic rings. The minimum absolute atomic E-state index is 0.0230. The number of thiocarbonyl (C=S) groups is 1. The Bertz CT molecular complexity index is 861. The second-order valence-electron chi connectivity index (χ2n) is 7.34. The number of nitrogens with zero attached hydrogens (tertiary/aromatic N) is 2. The number of anilines is 1. The largest absolute Gasteiger partial charge is 0.416 e. The van der Waals surface area contributed by atoms with Gasteiger partial charge in [-0.1, -0.05) is 41.9 Å². The molecule has 2 aromatic rings. The van der Waals surface area contributed by atoms with Crippen LogP contribution in [0.3, 0.4) is 0 Å². The van der Waals surface area contributed by atoms with Crippen molar-refractivity contribution in [2.75, 3.05) is 44.7 Å². The van der Waals surface area contributed by atoms with Crippen molar-refractivity contribution in [2.24, 2.45) is 0 Å². The number of halogens is 4.